The maximum atomic E-state index is 11.4. The predicted molar refractivity (Wildman–Crippen MR) is 78.1 cm³/mol. The van der Waals surface area contributed by atoms with Crippen molar-refractivity contribution in [2.45, 2.75) is 32.7 Å². The van der Waals surface area contributed by atoms with E-state index in [2.05, 4.69) is 4.74 Å². The van der Waals surface area contributed by atoms with Gasteiger partial charge in [-0.15, -0.1) is 0 Å². The quantitative estimate of drug-likeness (QED) is 0.501. The van der Waals surface area contributed by atoms with Crippen molar-refractivity contribution in [2.24, 2.45) is 0 Å². The van der Waals surface area contributed by atoms with Gasteiger partial charge in [-0.05, 0) is 50.6 Å². The summed E-state index contributed by atoms with van der Waals surface area (Å²) in [4.78, 5) is 11.4. The highest BCUT2D eigenvalue weighted by Gasteiger charge is 2.14. The first kappa shape index (κ1) is 16.2. The summed E-state index contributed by atoms with van der Waals surface area (Å²) < 4.78 is 9.98. The van der Waals surface area contributed by atoms with Gasteiger partial charge in [0.2, 0.25) is 0 Å². The molecule has 0 saturated carbocycles. The molecule has 0 heterocycles. The molecule has 20 heavy (non-hydrogen) atoms. The van der Waals surface area contributed by atoms with Crippen molar-refractivity contribution in [1.29, 1.82) is 0 Å². The maximum absolute atomic E-state index is 11.4. The number of ether oxygens (including phenoxy) is 2. The van der Waals surface area contributed by atoms with Gasteiger partial charge in [0.1, 0.15) is 0 Å². The molecular weight excluding hydrogens is 258 g/mol. The Morgan fingerprint density at radius 1 is 1.40 bits per heavy atom. The van der Waals surface area contributed by atoms with Gasteiger partial charge in [-0.25, -0.2) is 4.79 Å². The molecule has 0 radical (unpaired) electrons. The van der Waals surface area contributed by atoms with Gasteiger partial charge >= 0.3 is 5.97 Å². The standard InChI is InChI=1S/C15H21NO4/c1-15(2,3)20-13(17)8-6-10-9-11(14(18)19-4)5-7-12(10)16/h5-9,13,17H,16H2,1-4H3/b8-6+. The Labute approximate surface area is 119 Å². The Morgan fingerprint density at radius 2 is 2.05 bits per heavy atom. The molecule has 0 fully saturated rings. The summed E-state index contributed by atoms with van der Waals surface area (Å²) in [5.74, 6) is -0.439. The largest absolute Gasteiger partial charge is 0.465 e. The van der Waals surface area contributed by atoms with Crippen molar-refractivity contribution in [2.75, 3.05) is 12.8 Å². The van der Waals surface area contributed by atoms with Crippen LogP contribution >= 0.6 is 0 Å². The Balaban J connectivity index is 2.88. The molecule has 0 amide bonds. The summed E-state index contributed by atoms with van der Waals surface area (Å²) in [5.41, 5.74) is 6.87. The highest BCUT2D eigenvalue weighted by molar-refractivity contribution is 5.91. The van der Waals surface area contributed by atoms with Crippen LogP contribution in [0.2, 0.25) is 0 Å². The number of esters is 1. The van der Waals surface area contributed by atoms with E-state index in [-0.39, 0.29) is 0 Å². The van der Waals surface area contributed by atoms with Crippen molar-refractivity contribution in [3.05, 3.63) is 35.4 Å². The number of aliphatic hydroxyl groups excluding tert-OH is 1. The summed E-state index contributed by atoms with van der Waals surface area (Å²) in [6, 6.07) is 4.80. The van der Waals surface area contributed by atoms with Crippen LogP contribution in [0, 0.1) is 0 Å². The van der Waals surface area contributed by atoms with E-state index in [1.807, 2.05) is 20.8 Å². The molecule has 0 aliphatic rings. The van der Waals surface area contributed by atoms with Gasteiger partial charge in [-0.3, -0.25) is 0 Å². The zero-order chi connectivity index (χ0) is 15.3. The summed E-state index contributed by atoms with van der Waals surface area (Å²) in [5, 5.41) is 9.72. The number of rotatable bonds is 4. The molecule has 1 rings (SSSR count). The van der Waals surface area contributed by atoms with Crippen LogP contribution in [-0.4, -0.2) is 30.1 Å². The molecule has 3 N–H and O–H groups in total. The smallest absolute Gasteiger partial charge is 0.337 e. The fourth-order valence-electron chi connectivity index (χ4n) is 1.55. The third-order valence-electron chi connectivity index (χ3n) is 2.42. The first-order valence-electron chi connectivity index (χ1n) is 6.25. The Bertz CT molecular complexity index is 503. The third-order valence-corrected chi connectivity index (χ3v) is 2.42. The second-order valence-electron chi connectivity index (χ2n) is 5.32. The van der Waals surface area contributed by atoms with Crippen LogP contribution in [0.3, 0.4) is 0 Å². The average molecular weight is 279 g/mol. The first-order valence-corrected chi connectivity index (χ1v) is 6.25. The molecule has 0 aliphatic carbocycles. The van der Waals surface area contributed by atoms with Crippen molar-refractivity contribution in [3.63, 3.8) is 0 Å². The molecule has 1 aromatic rings. The molecule has 5 heteroatoms. The number of hydrogen-bond acceptors (Lipinski definition) is 5. The minimum absolute atomic E-state index is 0.396. The zero-order valence-electron chi connectivity index (χ0n) is 12.2. The monoisotopic (exact) mass is 279 g/mol. The second-order valence-corrected chi connectivity index (χ2v) is 5.32. The molecule has 0 aromatic heterocycles. The number of hydrogen-bond donors (Lipinski definition) is 2. The van der Waals surface area contributed by atoms with Crippen LogP contribution in [0.25, 0.3) is 6.08 Å². The van der Waals surface area contributed by atoms with Crippen LogP contribution in [-0.2, 0) is 9.47 Å². The normalized spacial score (nSPS) is 13.4. The van der Waals surface area contributed by atoms with Crippen LogP contribution in [0.4, 0.5) is 5.69 Å². The second kappa shape index (κ2) is 6.54. The topological polar surface area (TPSA) is 81.8 Å². The number of methoxy groups -OCH3 is 1. The van der Waals surface area contributed by atoms with Crippen molar-refractivity contribution in [3.8, 4) is 0 Å². The summed E-state index contributed by atoms with van der Waals surface area (Å²) in [6.45, 7) is 5.53. The number of anilines is 1. The Hall–Kier alpha value is -1.85. The average Bonchev–Trinajstić information content (AvgIpc) is 2.34. The SMILES string of the molecule is COC(=O)c1ccc(N)c(/C=C/C(O)OC(C)(C)C)c1. The van der Waals surface area contributed by atoms with E-state index in [1.54, 1.807) is 24.3 Å². The van der Waals surface area contributed by atoms with Crippen LogP contribution < -0.4 is 5.73 Å². The van der Waals surface area contributed by atoms with Crippen LogP contribution in [0.15, 0.2) is 24.3 Å². The van der Waals surface area contributed by atoms with E-state index in [4.69, 9.17) is 10.5 Å². The molecule has 0 aliphatic heterocycles. The van der Waals surface area contributed by atoms with Crippen molar-refractivity contribution < 1.29 is 19.4 Å². The highest BCUT2D eigenvalue weighted by Crippen LogP contribution is 2.18. The van der Waals surface area contributed by atoms with Crippen LogP contribution in [0.1, 0.15) is 36.7 Å². The number of carbonyl (C=O) groups excluding carboxylic acids is 1. The Morgan fingerprint density at radius 3 is 2.60 bits per heavy atom. The first-order chi connectivity index (χ1) is 9.23. The lowest BCUT2D eigenvalue weighted by Crippen LogP contribution is -2.25. The predicted octanol–water partition coefficient (Wildman–Crippen LogP) is 2.20. The molecule has 5 nitrogen and oxygen atoms in total. The molecule has 0 saturated heterocycles. The lowest BCUT2D eigenvalue weighted by Gasteiger charge is -2.22. The lowest BCUT2D eigenvalue weighted by atomic mass is 10.1. The number of nitrogen functional groups attached to an aromatic ring is 1. The highest BCUT2D eigenvalue weighted by atomic mass is 16.6. The molecular formula is C15H21NO4. The van der Waals surface area contributed by atoms with Gasteiger partial charge < -0.3 is 20.3 Å². The van der Waals surface area contributed by atoms with E-state index < -0.39 is 17.9 Å². The van der Waals surface area contributed by atoms with Crippen molar-refractivity contribution >= 4 is 17.7 Å². The minimum Gasteiger partial charge on any atom is -0.465 e. The molecule has 1 atom stereocenters. The van der Waals surface area contributed by atoms with Gasteiger partial charge in [0.15, 0.2) is 6.29 Å². The summed E-state index contributed by atoms with van der Waals surface area (Å²) in [6.07, 6.45) is 2.03. The van der Waals surface area contributed by atoms with Gasteiger partial charge in [-0.1, -0.05) is 6.08 Å². The van der Waals surface area contributed by atoms with Gasteiger partial charge in [0, 0.05) is 5.69 Å². The number of carbonyl (C=O) groups is 1. The van der Waals surface area contributed by atoms with E-state index in [0.717, 1.165) is 0 Å². The van der Waals surface area contributed by atoms with Gasteiger partial charge in [0.25, 0.3) is 0 Å². The van der Waals surface area contributed by atoms with E-state index >= 15 is 0 Å². The van der Waals surface area contributed by atoms with Crippen LogP contribution in [0.5, 0.6) is 0 Å². The molecule has 0 bridgehead atoms. The van der Waals surface area contributed by atoms with Crippen molar-refractivity contribution in [1.82, 2.24) is 0 Å². The molecule has 1 unspecified atom stereocenters. The van der Waals surface area contributed by atoms with E-state index in [1.165, 1.54) is 13.2 Å². The lowest BCUT2D eigenvalue weighted by molar-refractivity contribution is -0.137. The fraction of sp³-hybridized carbons (Fsp3) is 0.400. The van der Waals surface area contributed by atoms with Gasteiger partial charge in [-0.2, -0.15) is 0 Å². The Kier molecular flexibility index (Phi) is 5.30. The summed E-state index contributed by atoms with van der Waals surface area (Å²) >= 11 is 0. The fourth-order valence-corrected chi connectivity index (χ4v) is 1.55. The third kappa shape index (κ3) is 5.03. The minimum atomic E-state index is -1.05. The number of benzene rings is 1. The van der Waals surface area contributed by atoms with Gasteiger partial charge in [0.05, 0.1) is 18.3 Å². The van der Waals surface area contributed by atoms with E-state index in [9.17, 15) is 9.90 Å². The number of aliphatic hydroxyl groups is 1. The van der Waals surface area contributed by atoms with E-state index in [0.29, 0.717) is 16.8 Å². The molecule has 1 aromatic carbocycles. The molecule has 110 valence electrons. The maximum Gasteiger partial charge on any atom is 0.337 e. The number of nitrogens with two attached hydrogens (primary N) is 1. The zero-order valence-corrected chi connectivity index (χ0v) is 12.2. The molecule has 0 spiro atoms. The summed E-state index contributed by atoms with van der Waals surface area (Å²) in [7, 11) is 1.31.